The zero-order valence-corrected chi connectivity index (χ0v) is 21.0. The van der Waals surface area contributed by atoms with E-state index in [-0.39, 0.29) is 31.3 Å². The molecule has 1 amide bonds. The second kappa shape index (κ2) is 12.7. The first-order valence-corrected chi connectivity index (χ1v) is 11.4. The zero-order valence-electron chi connectivity index (χ0n) is 21.0. The van der Waals surface area contributed by atoms with Crippen LogP contribution in [0.4, 0.5) is 0 Å². The lowest BCUT2D eigenvalue weighted by Gasteiger charge is -2.47. The van der Waals surface area contributed by atoms with Crippen molar-refractivity contribution in [1.29, 1.82) is 0 Å². The number of hydrogen-bond acceptors (Lipinski definition) is 10. The molecule has 0 bridgehead atoms. The molecule has 7 N–H and O–H groups in total. The minimum absolute atomic E-state index is 0.0193. The summed E-state index contributed by atoms with van der Waals surface area (Å²) in [4.78, 5) is 12.8. The van der Waals surface area contributed by atoms with Crippen LogP contribution in [0.5, 0.6) is 0 Å². The molecule has 9 atom stereocenters. The van der Waals surface area contributed by atoms with Gasteiger partial charge in [0.05, 0.1) is 31.0 Å². The van der Waals surface area contributed by atoms with Crippen LogP contribution in [-0.4, -0.2) is 106 Å². The van der Waals surface area contributed by atoms with E-state index >= 15 is 0 Å². The summed E-state index contributed by atoms with van der Waals surface area (Å²) < 4.78 is 17.1. The lowest BCUT2D eigenvalue weighted by molar-refractivity contribution is -0.298. The molecule has 2 heterocycles. The second-order valence-electron chi connectivity index (χ2n) is 9.63. The maximum absolute atomic E-state index is 12.8. The van der Waals surface area contributed by atoms with Crippen molar-refractivity contribution < 1.29 is 49.6 Å². The third-order valence-corrected chi connectivity index (χ3v) is 7.04. The summed E-state index contributed by atoms with van der Waals surface area (Å²) >= 11 is 0. The Morgan fingerprint density at radius 1 is 1.26 bits per heavy atom. The third-order valence-electron chi connectivity index (χ3n) is 7.04. The molecular weight excluding hydrogens is 450 g/mol. The van der Waals surface area contributed by atoms with Gasteiger partial charge < -0.3 is 50.2 Å². The van der Waals surface area contributed by atoms with Crippen molar-refractivity contribution in [2.24, 2.45) is 11.3 Å². The molecule has 34 heavy (non-hydrogen) atoms. The molecule has 0 aromatic heterocycles. The Labute approximate surface area is 201 Å². The smallest absolute Gasteiger partial charge is 0.256 e. The summed E-state index contributed by atoms with van der Waals surface area (Å²) in [5, 5.41) is 60.2. The largest absolute Gasteiger partial charge is 0.400 e. The Bertz CT molecular complexity index is 674. The van der Waals surface area contributed by atoms with E-state index in [1.54, 1.807) is 20.8 Å². The van der Waals surface area contributed by atoms with Crippen molar-refractivity contribution in [2.75, 3.05) is 20.8 Å². The van der Waals surface area contributed by atoms with Crippen LogP contribution in [-0.2, 0) is 19.0 Å². The molecule has 11 heteroatoms. The molecule has 0 saturated carbocycles. The van der Waals surface area contributed by atoms with Crippen LogP contribution in [0, 0.1) is 11.3 Å². The fraction of sp³-hybridized carbons (Fsp3) is 0.870. The predicted octanol–water partition coefficient (Wildman–Crippen LogP) is -0.978. The van der Waals surface area contributed by atoms with Gasteiger partial charge in [-0.2, -0.15) is 0 Å². The van der Waals surface area contributed by atoms with E-state index in [0.717, 1.165) is 12.7 Å². The van der Waals surface area contributed by atoms with Gasteiger partial charge in [0.25, 0.3) is 5.91 Å². The molecule has 0 unspecified atom stereocenters. The molecule has 2 fully saturated rings. The molecule has 0 aromatic carbocycles. The zero-order chi connectivity index (χ0) is 26.4. The SMILES string of the molecule is C=C1C[C@](OC)([C@H](O)C(=O)N[C@@H](O)[C@@H]2C[C@@H](O)C(C)(C)[C@@H](C[C@H](O)CO)O2)O[C@H](C)[C@@H]1C.CO. The summed E-state index contributed by atoms with van der Waals surface area (Å²) in [7, 11) is 2.32. The maximum atomic E-state index is 12.8. The normalized spacial score (nSPS) is 36.0. The highest BCUT2D eigenvalue weighted by atomic mass is 16.7. The van der Waals surface area contributed by atoms with Gasteiger partial charge in [-0.15, -0.1) is 0 Å². The molecule has 0 aromatic rings. The highest BCUT2D eigenvalue weighted by molar-refractivity contribution is 5.82. The Kier molecular flexibility index (Phi) is 11.5. The lowest BCUT2D eigenvalue weighted by atomic mass is 9.74. The molecule has 0 spiro atoms. The number of rotatable bonds is 8. The summed E-state index contributed by atoms with van der Waals surface area (Å²) in [6.45, 7) is 10.8. The number of ether oxygens (including phenoxy) is 3. The van der Waals surface area contributed by atoms with Crippen molar-refractivity contribution in [3.8, 4) is 0 Å². The Morgan fingerprint density at radius 2 is 1.85 bits per heavy atom. The molecule has 0 aliphatic carbocycles. The highest BCUT2D eigenvalue weighted by Gasteiger charge is 2.51. The molecular formula is C23H43NO10. The van der Waals surface area contributed by atoms with Crippen molar-refractivity contribution in [1.82, 2.24) is 5.32 Å². The van der Waals surface area contributed by atoms with Crippen LogP contribution in [0.3, 0.4) is 0 Å². The quantitative estimate of drug-likeness (QED) is 0.164. The minimum Gasteiger partial charge on any atom is -0.400 e. The number of hydrogen-bond donors (Lipinski definition) is 7. The molecule has 2 saturated heterocycles. The van der Waals surface area contributed by atoms with Crippen LogP contribution in [0.2, 0.25) is 0 Å². The highest BCUT2D eigenvalue weighted by Crippen LogP contribution is 2.40. The number of aliphatic hydroxyl groups is 6. The first-order chi connectivity index (χ1) is 15.8. The van der Waals surface area contributed by atoms with E-state index < -0.39 is 60.5 Å². The minimum atomic E-state index is -1.76. The number of carbonyl (C=O) groups is 1. The van der Waals surface area contributed by atoms with Crippen LogP contribution in [0.15, 0.2) is 12.2 Å². The molecule has 2 aliphatic rings. The molecule has 2 aliphatic heterocycles. The van der Waals surface area contributed by atoms with Crippen LogP contribution in [0.1, 0.15) is 47.0 Å². The van der Waals surface area contributed by atoms with Crippen molar-refractivity contribution in [3.63, 3.8) is 0 Å². The molecule has 200 valence electrons. The summed E-state index contributed by atoms with van der Waals surface area (Å²) in [6, 6.07) is 0. The summed E-state index contributed by atoms with van der Waals surface area (Å²) in [5.41, 5.74) is 0.0170. The van der Waals surface area contributed by atoms with Crippen LogP contribution in [0.25, 0.3) is 0 Å². The average Bonchev–Trinajstić information content (AvgIpc) is 2.80. The van der Waals surface area contributed by atoms with Gasteiger partial charge in [-0.1, -0.05) is 32.9 Å². The van der Waals surface area contributed by atoms with Gasteiger partial charge >= 0.3 is 0 Å². The first-order valence-electron chi connectivity index (χ1n) is 11.4. The van der Waals surface area contributed by atoms with Gasteiger partial charge in [0.2, 0.25) is 5.79 Å². The van der Waals surface area contributed by atoms with E-state index in [4.69, 9.17) is 24.4 Å². The van der Waals surface area contributed by atoms with Crippen molar-refractivity contribution in [2.45, 2.75) is 95.6 Å². The van der Waals surface area contributed by atoms with Gasteiger partial charge in [-0.3, -0.25) is 4.79 Å². The van der Waals surface area contributed by atoms with Crippen molar-refractivity contribution in [3.05, 3.63) is 12.2 Å². The number of nitrogens with one attached hydrogen (secondary N) is 1. The lowest BCUT2D eigenvalue weighted by Crippen LogP contribution is -2.62. The topological polar surface area (TPSA) is 178 Å². The Hall–Kier alpha value is -1.15. The standard InChI is InChI=1S/C22H39NO9.CH4O/c1-11-9-22(30-6,32-13(3)12(11)2)18(27)20(29)23-19(28)15-8-16(26)21(4,5)17(31-15)7-14(25)10-24;1-2/h12-19,24-28H,1,7-10H2,2-6H3,(H,23,29);2H,1H3/t12-,13-,14+,15+,16-,17-,18-,19+,22-;/m1./s1. The fourth-order valence-corrected chi connectivity index (χ4v) is 4.24. The van der Waals surface area contributed by atoms with Gasteiger partial charge in [0, 0.05) is 44.8 Å². The third kappa shape index (κ3) is 6.74. The number of methoxy groups -OCH3 is 1. The van der Waals surface area contributed by atoms with E-state index in [2.05, 4.69) is 11.9 Å². The van der Waals surface area contributed by atoms with Gasteiger partial charge in [-0.25, -0.2) is 0 Å². The van der Waals surface area contributed by atoms with Gasteiger partial charge in [-0.05, 0) is 6.92 Å². The van der Waals surface area contributed by atoms with Crippen molar-refractivity contribution >= 4 is 5.91 Å². The first kappa shape index (κ1) is 30.9. The fourth-order valence-electron chi connectivity index (χ4n) is 4.24. The van der Waals surface area contributed by atoms with Gasteiger partial charge in [0.15, 0.2) is 12.3 Å². The summed E-state index contributed by atoms with van der Waals surface area (Å²) in [6.07, 6.45) is -7.12. The molecule has 11 nitrogen and oxygen atoms in total. The van der Waals surface area contributed by atoms with Crippen LogP contribution >= 0.6 is 0 Å². The Balaban J connectivity index is 0.00000281. The number of amides is 1. The number of carbonyl (C=O) groups excluding carboxylic acids is 1. The van der Waals surface area contributed by atoms with Crippen LogP contribution < -0.4 is 5.32 Å². The van der Waals surface area contributed by atoms with E-state index in [1.165, 1.54) is 7.11 Å². The number of aliphatic hydroxyl groups excluding tert-OH is 6. The molecule has 0 radical (unpaired) electrons. The maximum Gasteiger partial charge on any atom is 0.256 e. The van der Waals surface area contributed by atoms with Gasteiger partial charge in [0.1, 0.15) is 6.10 Å². The average molecular weight is 494 g/mol. The van der Waals surface area contributed by atoms with E-state index in [9.17, 15) is 25.2 Å². The Morgan fingerprint density at radius 3 is 2.35 bits per heavy atom. The van der Waals surface area contributed by atoms with E-state index in [0.29, 0.717) is 0 Å². The second-order valence-corrected chi connectivity index (χ2v) is 9.63. The summed E-state index contributed by atoms with van der Waals surface area (Å²) in [5.74, 6) is -2.55. The predicted molar refractivity (Wildman–Crippen MR) is 122 cm³/mol. The molecule has 2 rings (SSSR count). The monoisotopic (exact) mass is 493 g/mol. The van der Waals surface area contributed by atoms with E-state index in [1.807, 2.05) is 6.92 Å².